The van der Waals surface area contributed by atoms with Gasteiger partial charge in [0, 0.05) is 30.9 Å². The van der Waals surface area contributed by atoms with Crippen molar-refractivity contribution in [1.82, 2.24) is 9.88 Å². The van der Waals surface area contributed by atoms with E-state index < -0.39 is 5.82 Å². The molecule has 0 unspecified atom stereocenters. The van der Waals surface area contributed by atoms with Crippen molar-refractivity contribution in [2.45, 2.75) is 11.4 Å². The number of rotatable bonds is 3. The van der Waals surface area contributed by atoms with Crippen LogP contribution in [-0.4, -0.2) is 22.8 Å². The lowest BCUT2D eigenvalue weighted by atomic mass is 10.1. The van der Waals surface area contributed by atoms with Crippen LogP contribution in [-0.2, 0) is 6.54 Å². The molecule has 0 fully saturated rings. The number of carbonyl (C=O) groups is 1. The Morgan fingerprint density at radius 2 is 2.00 bits per heavy atom. The van der Waals surface area contributed by atoms with E-state index in [-0.39, 0.29) is 11.5 Å². The summed E-state index contributed by atoms with van der Waals surface area (Å²) in [5.74, 6) is -0.908. The van der Waals surface area contributed by atoms with Crippen molar-refractivity contribution < 1.29 is 9.18 Å². The van der Waals surface area contributed by atoms with Gasteiger partial charge in [-0.1, -0.05) is 0 Å². The summed E-state index contributed by atoms with van der Waals surface area (Å²) in [4.78, 5) is 18.1. The Balaban J connectivity index is 2.17. The van der Waals surface area contributed by atoms with Gasteiger partial charge in [0.1, 0.15) is 5.82 Å². The van der Waals surface area contributed by atoms with Crippen LogP contribution in [0.1, 0.15) is 15.9 Å². The standard InChI is InChI=1S/C14H13FN2OS/c1-17(9-10-4-6-16-7-5-10)14(18)12-8-11(19)2-3-13(12)15/h2-8,19H,9H2,1H3. The van der Waals surface area contributed by atoms with Crippen LogP contribution in [0.2, 0.25) is 0 Å². The van der Waals surface area contributed by atoms with Crippen molar-refractivity contribution in [3.05, 3.63) is 59.7 Å². The van der Waals surface area contributed by atoms with Crippen LogP contribution in [0, 0.1) is 5.82 Å². The maximum absolute atomic E-state index is 13.6. The summed E-state index contributed by atoms with van der Waals surface area (Å²) in [7, 11) is 1.63. The zero-order valence-electron chi connectivity index (χ0n) is 10.4. The summed E-state index contributed by atoms with van der Waals surface area (Å²) in [6.45, 7) is 0.400. The van der Waals surface area contributed by atoms with E-state index in [1.54, 1.807) is 19.4 Å². The lowest BCUT2D eigenvalue weighted by molar-refractivity contribution is 0.0780. The van der Waals surface area contributed by atoms with Gasteiger partial charge < -0.3 is 4.90 Å². The largest absolute Gasteiger partial charge is 0.337 e. The van der Waals surface area contributed by atoms with Gasteiger partial charge >= 0.3 is 0 Å². The smallest absolute Gasteiger partial charge is 0.256 e. The first-order chi connectivity index (χ1) is 9.08. The second-order valence-electron chi connectivity index (χ2n) is 4.18. The Morgan fingerprint density at radius 3 is 2.68 bits per heavy atom. The molecule has 2 rings (SSSR count). The summed E-state index contributed by atoms with van der Waals surface area (Å²) in [6.07, 6.45) is 3.31. The maximum atomic E-state index is 13.6. The fourth-order valence-electron chi connectivity index (χ4n) is 1.72. The molecule has 1 heterocycles. The van der Waals surface area contributed by atoms with Crippen molar-refractivity contribution >= 4 is 18.5 Å². The molecular weight excluding hydrogens is 263 g/mol. The Labute approximate surface area is 116 Å². The normalized spacial score (nSPS) is 10.3. The van der Waals surface area contributed by atoms with Crippen LogP contribution in [0.15, 0.2) is 47.6 Å². The highest BCUT2D eigenvalue weighted by Crippen LogP contribution is 2.16. The second-order valence-corrected chi connectivity index (χ2v) is 4.70. The summed E-state index contributed by atoms with van der Waals surface area (Å²) < 4.78 is 13.6. The van der Waals surface area contributed by atoms with Crippen LogP contribution in [0.25, 0.3) is 0 Å². The molecule has 0 saturated carbocycles. The number of halogens is 1. The number of pyridine rings is 1. The van der Waals surface area contributed by atoms with Gasteiger partial charge in [-0.2, -0.15) is 0 Å². The zero-order chi connectivity index (χ0) is 13.8. The lowest BCUT2D eigenvalue weighted by Crippen LogP contribution is -2.27. The van der Waals surface area contributed by atoms with Gasteiger partial charge in [-0.3, -0.25) is 9.78 Å². The predicted octanol–water partition coefficient (Wildman–Crippen LogP) is 2.78. The molecular formula is C14H13FN2OS. The first kappa shape index (κ1) is 13.5. The van der Waals surface area contributed by atoms with E-state index in [1.807, 2.05) is 12.1 Å². The Hall–Kier alpha value is -1.88. The van der Waals surface area contributed by atoms with Gasteiger partial charge in [0.05, 0.1) is 5.56 Å². The van der Waals surface area contributed by atoms with Gasteiger partial charge in [0.2, 0.25) is 0 Å². The molecule has 2 aromatic rings. The van der Waals surface area contributed by atoms with E-state index in [0.717, 1.165) is 5.56 Å². The molecule has 98 valence electrons. The number of carbonyl (C=O) groups excluding carboxylic acids is 1. The van der Waals surface area contributed by atoms with Crippen LogP contribution in [0.4, 0.5) is 4.39 Å². The van der Waals surface area contributed by atoms with E-state index >= 15 is 0 Å². The summed E-state index contributed by atoms with van der Waals surface area (Å²) in [5.41, 5.74) is 0.970. The van der Waals surface area contributed by atoms with Crippen molar-refractivity contribution in [3.63, 3.8) is 0 Å². The van der Waals surface area contributed by atoms with E-state index in [9.17, 15) is 9.18 Å². The van der Waals surface area contributed by atoms with Gasteiger partial charge in [-0.25, -0.2) is 4.39 Å². The van der Waals surface area contributed by atoms with E-state index in [2.05, 4.69) is 17.6 Å². The third-order valence-electron chi connectivity index (χ3n) is 2.70. The van der Waals surface area contributed by atoms with E-state index in [0.29, 0.717) is 11.4 Å². The van der Waals surface area contributed by atoms with Crippen molar-refractivity contribution in [3.8, 4) is 0 Å². The van der Waals surface area contributed by atoms with E-state index in [4.69, 9.17) is 0 Å². The summed E-state index contributed by atoms with van der Waals surface area (Å²) in [6, 6.07) is 7.82. The van der Waals surface area contributed by atoms with Gasteiger partial charge in [-0.05, 0) is 35.9 Å². The quantitative estimate of drug-likeness (QED) is 0.874. The minimum atomic E-state index is -0.538. The molecule has 0 atom stereocenters. The van der Waals surface area contributed by atoms with Crippen LogP contribution < -0.4 is 0 Å². The fraction of sp³-hybridized carbons (Fsp3) is 0.143. The minimum absolute atomic E-state index is 0.0315. The number of amides is 1. The molecule has 0 N–H and O–H groups in total. The number of nitrogens with zero attached hydrogens (tertiary/aromatic N) is 2. The summed E-state index contributed by atoms with van der Waals surface area (Å²) >= 11 is 4.12. The average molecular weight is 276 g/mol. The van der Waals surface area contributed by atoms with Crippen molar-refractivity contribution in [2.75, 3.05) is 7.05 Å². The molecule has 19 heavy (non-hydrogen) atoms. The number of aromatic nitrogens is 1. The lowest BCUT2D eigenvalue weighted by Gasteiger charge is -2.17. The molecule has 0 aliphatic heterocycles. The van der Waals surface area contributed by atoms with Gasteiger partial charge in [-0.15, -0.1) is 12.6 Å². The highest BCUT2D eigenvalue weighted by atomic mass is 32.1. The molecule has 1 amide bonds. The van der Waals surface area contributed by atoms with Crippen LogP contribution in [0.3, 0.4) is 0 Å². The topological polar surface area (TPSA) is 33.2 Å². The molecule has 0 spiro atoms. The third kappa shape index (κ3) is 3.32. The van der Waals surface area contributed by atoms with Crippen LogP contribution >= 0.6 is 12.6 Å². The van der Waals surface area contributed by atoms with Crippen molar-refractivity contribution in [1.29, 1.82) is 0 Å². The molecule has 0 aliphatic carbocycles. The number of hydrogen-bond donors (Lipinski definition) is 1. The molecule has 0 bridgehead atoms. The number of thiol groups is 1. The molecule has 1 aromatic heterocycles. The van der Waals surface area contributed by atoms with E-state index in [1.165, 1.54) is 23.1 Å². The molecule has 3 nitrogen and oxygen atoms in total. The first-order valence-electron chi connectivity index (χ1n) is 5.71. The molecule has 5 heteroatoms. The monoisotopic (exact) mass is 276 g/mol. The number of hydrogen-bond acceptors (Lipinski definition) is 3. The molecule has 0 saturated heterocycles. The highest BCUT2D eigenvalue weighted by molar-refractivity contribution is 7.80. The SMILES string of the molecule is CN(Cc1ccncc1)C(=O)c1cc(S)ccc1F. The average Bonchev–Trinajstić information content (AvgIpc) is 2.42. The predicted molar refractivity (Wildman–Crippen MR) is 73.7 cm³/mol. The molecule has 0 radical (unpaired) electrons. The van der Waals surface area contributed by atoms with Gasteiger partial charge in [0.25, 0.3) is 5.91 Å². The maximum Gasteiger partial charge on any atom is 0.256 e. The van der Waals surface area contributed by atoms with Crippen molar-refractivity contribution in [2.24, 2.45) is 0 Å². The fourth-order valence-corrected chi connectivity index (χ4v) is 1.92. The summed E-state index contributed by atoms with van der Waals surface area (Å²) in [5, 5.41) is 0. The molecule has 1 aromatic carbocycles. The first-order valence-corrected chi connectivity index (χ1v) is 6.15. The molecule has 0 aliphatic rings. The van der Waals surface area contributed by atoms with Gasteiger partial charge in [0.15, 0.2) is 0 Å². The Morgan fingerprint density at radius 1 is 1.32 bits per heavy atom. The number of benzene rings is 1. The second kappa shape index (κ2) is 5.84. The zero-order valence-corrected chi connectivity index (χ0v) is 11.3. The Kier molecular flexibility index (Phi) is 4.16. The highest BCUT2D eigenvalue weighted by Gasteiger charge is 2.16. The Bertz CT molecular complexity index is 589. The third-order valence-corrected chi connectivity index (χ3v) is 2.97. The van der Waals surface area contributed by atoms with Crippen LogP contribution in [0.5, 0.6) is 0 Å². The minimum Gasteiger partial charge on any atom is -0.337 e.